The van der Waals surface area contributed by atoms with Gasteiger partial charge in [0.05, 0.1) is 6.54 Å². The molecule has 0 saturated carbocycles. The second kappa shape index (κ2) is 6.50. The van der Waals surface area contributed by atoms with Crippen molar-refractivity contribution in [2.75, 3.05) is 6.54 Å². The standard InChI is InChI=1S/C13H13ClN2OS2/c1-2-16-12(17)11(19-13(16)18)8-15-7-9-5-3-4-6-10(9)14/h3-6,8,11H,2,7H2,1H3/t11-/m1/s1. The number of thioether (sulfide) groups is 1. The van der Waals surface area contributed by atoms with Crippen molar-refractivity contribution in [2.24, 2.45) is 4.99 Å². The van der Waals surface area contributed by atoms with Gasteiger partial charge in [-0.1, -0.05) is 53.8 Å². The summed E-state index contributed by atoms with van der Waals surface area (Å²) in [4.78, 5) is 17.9. The number of benzene rings is 1. The molecular weight excluding hydrogens is 300 g/mol. The Morgan fingerprint density at radius 2 is 2.26 bits per heavy atom. The molecule has 0 radical (unpaired) electrons. The fourth-order valence-electron chi connectivity index (χ4n) is 1.72. The largest absolute Gasteiger partial charge is 0.297 e. The maximum atomic E-state index is 12.0. The monoisotopic (exact) mass is 312 g/mol. The molecule has 100 valence electrons. The molecule has 0 aromatic heterocycles. The molecule has 1 aliphatic heterocycles. The van der Waals surface area contributed by atoms with E-state index in [4.69, 9.17) is 23.8 Å². The first-order chi connectivity index (χ1) is 9.13. The van der Waals surface area contributed by atoms with Crippen LogP contribution in [0.15, 0.2) is 29.3 Å². The summed E-state index contributed by atoms with van der Waals surface area (Å²) >= 11 is 12.6. The normalized spacial score (nSPS) is 19.7. The van der Waals surface area contributed by atoms with Gasteiger partial charge in [-0.15, -0.1) is 0 Å². The Labute approximate surface area is 127 Å². The lowest BCUT2D eigenvalue weighted by atomic mass is 10.2. The Bertz CT molecular complexity index is 533. The summed E-state index contributed by atoms with van der Waals surface area (Å²) in [6.45, 7) is 3.00. The number of nitrogens with zero attached hydrogens (tertiary/aromatic N) is 2. The number of halogens is 1. The molecule has 1 amide bonds. The number of rotatable bonds is 4. The minimum atomic E-state index is -0.296. The molecule has 1 atom stereocenters. The van der Waals surface area contributed by atoms with Crippen molar-refractivity contribution in [1.29, 1.82) is 0 Å². The summed E-state index contributed by atoms with van der Waals surface area (Å²) < 4.78 is 0.627. The topological polar surface area (TPSA) is 32.7 Å². The van der Waals surface area contributed by atoms with E-state index in [0.29, 0.717) is 22.4 Å². The van der Waals surface area contributed by atoms with Crippen molar-refractivity contribution in [1.82, 2.24) is 4.90 Å². The zero-order valence-electron chi connectivity index (χ0n) is 10.4. The lowest BCUT2D eigenvalue weighted by Crippen LogP contribution is -2.31. The fourth-order valence-corrected chi connectivity index (χ4v) is 3.38. The lowest BCUT2D eigenvalue weighted by molar-refractivity contribution is -0.124. The number of thiocarbonyl (C=S) groups is 1. The van der Waals surface area contributed by atoms with Gasteiger partial charge in [-0.25, -0.2) is 0 Å². The first kappa shape index (κ1) is 14.5. The summed E-state index contributed by atoms with van der Waals surface area (Å²) in [6, 6.07) is 7.55. The molecule has 0 spiro atoms. The van der Waals surface area contributed by atoms with E-state index in [1.807, 2.05) is 31.2 Å². The molecule has 1 aromatic rings. The van der Waals surface area contributed by atoms with Gasteiger partial charge in [0.2, 0.25) is 5.91 Å². The third kappa shape index (κ3) is 3.35. The van der Waals surface area contributed by atoms with Crippen molar-refractivity contribution in [3.63, 3.8) is 0 Å². The summed E-state index contributed by atoms with van der Waals surface area (Å²) in [7, 11) is 0. The molecule has 0 unspecified atom stereocenters. The van der Waals surface area contributed by atoms with Crippen LogP contribution in [0.2, 0.25) is 5.02 Å². The van der Waals surface area contributed by atoms with E-state index in [1.54, 1.807) is 11.1 Å². The van der Waals surface area contributed by atoms with Gasteiger partial charge in [0.25, 0.3) is 0 Å². The highest BCUT2D eigenvalue weighted by atomic mass is 35.5. The Morgan fingerprint density at radius 1 is 1.53 bits per heavy atom. The van der Waals surface area contributed by atoms with Crippen molar-refractivity contribution >= 4 is 52.0 Å². The van der Waals surface area contributed by atoms with Crippen LogP contribution in [0.25, 0.3) is 0 Å². The highest BCUT2D eigenvalue weighted by molar-refractivity contribution is 8.24. The second-order valence-electron chi connectivity index (χ2n) is 3.97. The van der Waals surface area contributed by atoms with Crippen LogP contribution in [0.5, 0.6) is 0 Å². The Hall–Kier alpha value is -0.910. The summed E-state index contributed by atoms with van der Waals surface area (Å²) in [5.41, 5.74) is 0.950. The number of carbonyl (C=O) groups is 1. The molecule has 0 aliphatic carbocycles. The summed E-state index contributed by atoms with van der Waals surface area (Å²) in [5, 5.41) is 0.394. The van der Waals surface area contributed by atoms with Crippen molar-refractivity contribution in [3.05, 3.63) is 34.9 Å². The Morgan fingerprint density at radius 3 is 2.89 bits per heavy atom. The van der Waals surface area contributed by atoms with Crippen LogP contribution < -0.4 is 0 Å². The molecule has 3 nitrogen and oxygen atoms in total. The van der Waals surface area contributed by atoms with Gasteiger partial charge in [-0.05, 0) is 18.6 Å². The maximum absolute atomic E-state index is 12.0. The molecular formula is C13H13ClN2OS2. The molecule has 1 aliphatic rings. The number of amides is 1. The molecule has 1 aromatic carbocycles. The Balaban J connectivity index is 1.99. The fraction of sp³-hybridized carbons (Fsp3) is 0.308. The number of carbonyl (C=O) groups excluding carboxylic acids is 1. The number of hydrogen-bond donors (Lipinski definition) is 0. The Kier molecular flexibility index (Phi) is 4.96. The van der Waals surface area contributed by atoms with Crippen molar-refractivity contribution in [3.8, 4) is 0 Å². The van der Waals surface area contributed by atoms with Gasteiger partial charge in [-0.2, -0.15) is 0 Å². The molecule has 19 heavy (non-hydrogen) atoms. The van der Waals surface area contributed by atoms with Gasteiger partial charge in [-0.3, -0.25) is 14.7 Å². The van der Waals surface area contributed by atoms with Crippen LogP contribution in [0, 0.1) is 0 Å². The molecule has 0 bridgehead atoms. The maximum Gasteiger partial charge on any atom is 0.247 e. The van der Waals surface area contributed by atoms with E-state index in [1.165, 1.54) is 11.8 Å². The predicted octanol–water partition coefficient (Wildman–Crippen LogP) is 3.16. The van der Waals surface area contributed by atoms with Crippen LogP contribution in [0.3, 0.4) is 0 Å². The summed E-state index contributed by atoms with van der Waals surface area (Å²) in [6.07, 6.45) is 1.66. The SMILES string of the molecule is CCN1C(=O)[C@@H](C=NCc2ccccc2Cl)SC1=S. The van der Waals surface area contributed by atoms with Crippen molar-refractivity contribution in [2.45, 2.75) is 18.7 Å². The van der Waals surface area contributed by atoms with E-state index in [9.17, 15) is 4.79 Å². The van der Waals surface area contributed by atoms with E-state index >= 15 is 0 Å². The summed E-state index contributed by atoms with van der Waals surface area (Å²) in [5.74, 6) is 0.0143. The van der Waals surface area contributed by atoms with Crippen LogP contribution in [0.1, 0.15) is 12.5 Å². The van der Waals surface area contributed by atoms with Crippen LogP contribution >= 0.6 is 35.6 Å². The van der Waals surface area contributed by atoms with Gasteiger partial charge in [0, 0.05) is 17.8 Å². The highest BCUT2D eigenvalue weighted by Gasteiger charge is 2.34. The third-order valence-corrected chi connectivity index (χ3v) is 4.61. The first-order valence-corrected chi connectivity index (χ1v) is 7.55. The lowest BCUT2D eigenvalue weighted by Gasteiger charge is -2.10. The zero-order chi connectivity index (χ0) is 13.8. The average Bonchev–Trinajstić information content (AvgIpc) is 2.66. The molecule has 1 saturated heterocycles. The van der Waals surface area contributed by atoms with Gasteiger partial charge < -0.3 is 0 Å². The van der Waals surface area contributed by atoms with Crippen LogP contribution in [-0.2, 0) is 11.3 Å². The smallest absolute Gasteiger partial charge is 0.247 e. The molecule has 0 N–H and O–H groups in total. The van der Waals surface area contributed by atoms with Crippen molar-refractivity contribution < 1.29 is 4.79 Å². The average molecular weight is 313 g/mol. The zero-order valence-corrected chi connectivity index (χ0v) is 12.8. The van der Waals surface area contributed by atoms with E-state index in [2.05, 4.69) is 4.99 Å². The highest BCUT2D eigenvalue weighted by Crippen LogP contribution is 2.26. The molecule has 6 heteroatoms. The van der Waals surface area contributed by atoms with E-state index in [0.717, 1.165) is 5.56 Å². The van der Waals surface area contributed by atoms with Gasteiger partial charge in [0.15, 0.2) is 0 Å². The van der Waals surface area contributed by atoms with Crippen LogP contribution in [0.4, 0.5) is 0 Å². The van der Waals surface area contributed by atoms with Gasteiger partial charge in [0.1, 0.15) is 9.57 Å². The quantitative estimate of drug-likeness (QED) is 0.632. The first-order valence-electron chi connectivity index (χ1n) is 5.88. The van der Waals surface area contributed by atoms with Crippen LogP contribution in [-0.4, -0.2) is 33.1 Å². The minimum Gasteiger partial charge on any atom is -0.297 e. The van der Waals surface area contributed by atoms with E-state index < -0.39 is 0 Å². The minimum absolute atomic E-state index is 0.0143. The predicted molar refractivity (Wildman–Crippen MR) is 85.0 cm³/mol. The third-order valence-electron chi connectivity index (χ3n) is 2.73. The number of hydrogen-bond acceptors (Lipinski definition) is 4. The van der Waals surface area contributed by atoms with E-state index in [-0.39, 0.29) is 11.2 Å². The second-order valence-corrected chi connectivity index (χ2v) is 6.15. The molecule has 1 heterocycles. The van der Waals surface area contributed by atoms with Gasteiger partial charge >= 0.3 is 0 Å². The molecule has 2 rings (SSSR count). The molecule has 1 fully saturated rings. The number of aliphatic imine (C=N–C) groups is 1.